The molecule has 2 aliphatic heterocycles. The van der Waals surface area contributed by atoms with Crippen molar-refractivity contribution in [1.29, 1.82) is 0 Å². The van der Waals surface area contributed by atoms with E-state index >= 15 is 0 Å². The van der Waals surface area contributed by atoms with Gasteiger partial charge < -0.3 is 22.5 Å². The van der Waals surface area contributed by atoms with Crippen LogP contribution in [-0.4, -0.2) is 32.7 Å². The lowest BCUT2D eigenvalue weighted by molar-refractivity contribution is -0.137. The second kappa shape index (κ2) is 13.0. The number of nitrogens with zero attached hydrogens (tertiary/aromatic N) is 3. The highest BCUT2D eigenvalue weighted by Gasteiger charge is 2.34. The number of anilines is 2. The van der Waals surface area contributed by atoms with Gasteiger partial charge in [-0.2, -0.15) is 13.2 Å². The van der Waals surface area contributed by atoms with E-state index in [4.69, 9.17) is 17.2 Å². The number of aromatic nitrogens is 1. The fourth-order valence-corrected chi connectivity index (χ4v) is 6.57. The van der Waals surface area contributed by atoms with Crippen LogP contribution in [-0.2, 0) is 17.3 Å². The number of benzene rings is 2. The molecule has 0 saturated heterocycles. The van der Waals surface area contributed by atoms with E-state index in [2.05, 4.69) is 20.3 Å². The topological polar surface area (TPSA) is 145 Å². The van der Waals surface area contributed by atoms with Crippen LogP contribution in [0, 0.1) is 11.6 Å². The average Bonchev–Trinajstić information content (AvgIpc) is 2.95. The number of carbonyl (C=O) groups is 1. The Balaban J connectivity index is 0.000000233. The predicted octanol–water partition coefficient (Wildman–Crippen LogP) is 6.23. The number of nitrogens with one attached hydrogen (secondary N) is 1. The summed E-state index contributed by atoms with van der Waals surface area (Å²) in [7, 11) is 0. The van der Waals surface area contributed by atoms with E-state index in [0.29, 0.717) is 40.0 Å². The molecule has 0 fully saturated rings. The molecular formula is C29H30F5N7OS2. The number of pyridine rings is 1. The summed E-state index contributed by atoms with van der Waals surface area (Å²) in [6.07, 6.45) is -2.63. The molecular weight excluding hydrogens is 621 g/mol. The van der Waals surface area contributed by atoms with Crippen molar-refractivity contribution < 1.29 is 26.7 Å². The van der Waals surface area contributed by atoms with Gasteiger partial charge in [0.15, 0.2) is 10.3 Å². The molecule has 0 unspecified atom stereocenters. The van der Waals surface area contributed by atoms with E-state index in [9.17, 15) is 26.7 Å². The zero-order valence-corrected chi connectivity index (χ0v) is 25.3. The number of hydrogen-bond donors (Lipinski definition) is 4. The van der Waals surface area contributed by atoms with Crippen molar-refractivity contribution in [2.75, 3.05) is 22.6 Å². The molecule has 7 N–H and O–H groups in total. The zero-order valence-electron chi connectivity index (χ0n) is 23.7. The number of amides is 1. The summed E-state index contributed by atoms with van der Waals surface area (Å²) in [5, 5.41) is 3.38. The molecule has 44 heavy (non-hydrogen) atoms. The van der Waals surface area contributed by atoms with Gasteiger partial charge in [0.05, 0.1) is 16.6 Å². The lowest BCUT2D eigenvalue weighted by Gasteiger charge is -2.30. The molecule has 0 saturated carbocycles. The van der Waals surface area contributed by atoms with Gasteiger partial charge in [0.25, 0.3) is 5.91 Å². The van der Waals surface area contributed by atoms with Crippen molar-refractivity contribution in [3.8, 4) is 0 Å². The smallest absolute Gasteiger partial charge is 0.399 e. The van der Waals surface area contributed by atoms with Crippen LogP contribution in [0.4, 0.5) is 33.3 Å². The van der Waals surface area contributed by atoms with Gasteiger partial charge in [0.1, 0.15) is 17.3 Å². The van der Waals surface area contributed by atoms with Crippen molar-refractivity contribution in [1.82, 2.24) is 4.98 Å². The van der Waals surface area contributed by atoms with Crippen molar-refractivity contribution >= 4 is 51.1 Å². The van der Waals surface area contributed by atoms with Gasteiger partial charge in [-0.3, -0.25) is 19.8 Å². The number of carbonyl (C=O) groups excluding carboxylic acids is 1. The second-order valence-corrected chi connectivity index (χ2v) is 12.7. The minimum atomic E-state index is -4.54. The van der Waals surface area contributed by atoms with Crippen LogP contribution in [0.25, 0.3) is 0 Å². The van der Waals surface area contributed by atoms with Crippen LogP contribution in [0.2, 0.25) is 0 Å². The maximum Gasteiger partial charge on any atom is 0.417 e. The zero-order chi connectivity index (χ0) is 32.3. The van der Waals surface area contributed by atoms with E-state index < -0.39 is 34.5 Å². The quantitative estimate of drug-likeness (QED) is 0.193. The van der Waals surface area contributed by atoms with Crippen LogP contribution in [0.3, 0.4) is 0 Å². The van der Waals surface area contributed by atoms with Crippen molar-refractivity contribution in [2.45, 2.75) is 43.9 Å². The first-order valence-electron chi connectivity index (χ1n) is 13.3. The van der Waals surface area contributed by atoms with Crippen LogP contribution in [0.1, 0.15) is 53.9 Å². The Labute approximate surface area is 259 Å². The standard InChI is InChI=1S/C18H16F4N4OS.C11H14FN3S/c1-17(6-7-28-16(23)26-17)12-8-11(3-4-13(12)19)25-15(27)14-5-2-10(9-24-14)18(20,21)22;1-11(4-5-16-10(14)15-11)8-6-7(13)2-3-9(8)12/h2-5,8-9H,6-7H2,1H3,(H2,23,26)(H,25,27);2-3,6H,4-5,13H2,1H3,(H2,14,15)/t17-;11-/m00/s1. The number of amidine groups is 2. The molecule has 1 aromatic heterocycles. The van der Waals surface area contributed by atoms with Crippen molar-refractivity contribution in [2.24, 2.45) is 21.5 Å². The summed E-state index contributed by atoms with van der Waals surface area (Å²) in [4.78, 5) is 24.5. The molecule has 0 bridgehead atoms. The minimum Gasteiger partial charge on any atom is -0.399 e. The molecule has 2 aliphatic rings. The van der Waals surface area contributed by atoms with Gasteiger partial charge in [-0.05, 0) is 75.2 Å². The summed E-state index contributed by atoms with van der Waals surface area (Å²) in [5.74, 6) is 0.0487. The van der Waals surface area contributed by atoms with Gasteiger partial charge in [-0.1, -0.05) is 23.5 Å². The maximum atomic E-state index is 14.4. The first-order chi connectivity index (χ1) is 20.6. The lowest BCUT2D eigenvalue weighted by atomic mass is 9.89. The molecule has 8 nitrogen and oxygen atoms in total. The average molecular weight is 652 g/mol. The number of nitrogen functional groups attached to an aromatic ring is 1. The minimum absolute atomic E-state index is 0.193. The summed E-state index contributed by atoms with van der Waals surface area (Å²) in [5.41, 5.74) is 16.2. The second-order valence-electron chi connectivity index (χ2n) is 10.5. The molecule has 0 radical (unpaired) electrons. The van der Waals surface area contributed by atoms with Crippen LogP contribution in [0.5, 0.6) is 0 Å². The number of halogens is 5. The van der Waals surface area contributed by atoms with Gasteiger partial charge in [-0.25, -0.2) is 8.78 Å². The third kappa shape index (κ3) is 7.80. The van der Waals surface area contributed by atoms with E-state index in [1.54, 1.807) is 19.1 Å². The van der Waals surface area contributed by atoms with Crippen LogP contribution < -0.4 is 22.5 Å². The molecule has 2 aromatic carbocycles. The van der Waals surface area contributed by atoms with Crippen LogP contribution in [0.15, 0.2) is 64.7 Å². The highest BCUT2D eigenvalue weighted by atomic mass is 32.2. The van der Waals surface area contributed by atoms with Gasteiger partial charge >= 0.3 is 6.18 Å². The Bertz CT molecular complexity index is 1600. The number of rotatable bonds is 4. The fraction of sp³-hybridized carbons (Fsp3) is 0.310. The molecule has 234 valence electrons. The normalized spacial score (nSPS) is 21.8. The third-order valence-corrected chi connectivity index (χ3v) is 8.68. The summed E-state index contributed by atoms with van der Waals surface area (Å²) < 4.78 is 65.9. The van der Waals surface area contributed by atoms with Gasteiger partial charge in [0, 0.05) is 40.2 Å². The first-order valence-corrected chi connectivity index (χ1v) is 15.2. The molecule has 1 amide bonds. The molecule has 15 heteroatoms. The van der Waals surface area contributed by atoms with Gasteiger partial charge in [0.2, 0.25) is 0 Å². The Kier molecular flexibility index (Phi) is 9.78. The predicted molar refractivity (Wildman–Crippen MR) is 167 cm³/mol. The lowest BCUT2D eigenvalue weighted by Crippen LogP contribution is -2.29. The number of nitrogens with two attached hydrogens (primary N) is 3. The largest absolute Gasteiger partial charge is 0.417 e. The third-order valence-electron chi connectivity index (χ3n) is 7.09. The van der Waals surface area contributed by atoms with E-state index in [-0.39, 0.29) is 22.8 Å². The van der Waals surface area contributed by atoms with Crippen molar-refractivity contribution in [3.05, 3.63) is 88.7 Å². The first kappa shape index (κ1) is 33.1. The molecule has 3 aromatic rings. The monoisotopic (exact) mass is 651 g/mol. The molecule has 5 rings (SSSR count). The number of alkyl halides is 3. The Morgan fingerprint density at radius 3 is 1.89 bits per heavy atom. The van der Waals surface area contributed by atoms with Gasteiger partial charge in [-0.15, -0.1) is 0 Å². The van der Waals surface area contributed by atoms with E-state index in [1.807, 2.05) is 6.92 Å². The van der Waals surface area contributed by atoms with E-state index in [1.165, 1.54) is 47.8 Å². The SMILES string of the molecule is C[C@@]1(c2cc(N)ccc2F)CCSC(N)=N1.C[C@@]1(c2cc(NC(=O)c3ccc(C(F)(F)F)cn3)ccc2F)CCSC(N)=N1. The highest BCUT2D eigenvalue weighted by molar-refractivity contribution is 8.14. The maximum absolute atomic E-state index is 14.4. The summed E-state index contributed by atoms with van der Waals surface area (Å²) in [6.45, 7) is 3.64. The van der Waals surface area contributed by atoms with E-state index in [0.717, 1.165) is 24.3 Å². The Hall–Kier alpha value is -3.85. The van der Waals surface area contributed by atoms with Crippen molar-refractivity contribution in [3.63, 3.8) is 0 Å². The number of hydrogen-bond acceptors (Lipinski definition) is 9. The number of aliphatic imine (C=N–C) groups is 2. The Morgan fingerprint density at radius 1 is 0.841 bits per heavy atom. The number of thioether (sulfide) groups is 2. The molecule has 0 aliphatic carbocycles. The Morgan fingerprint density at radius 2 is 1.39 bits per heavy atom. The molecule has 2 atom stereocenters. The van der Waals surface area contributed by atoms with Crippen LogP contribution >= 0.6 is 23.5 Å². The molecule has 0 spiro atoms. The highest BCUT2D eigenvalue weighted by Crippen LogP contribution is 2.38. The fourth-order valence-electron chi connectivity index (χ4n) is 4.62. The summed E-state index contributed by atoms with van der Waals surface area (Å²) in [6, 6.07) is 10.3. The summed E-state index contributed by atoms with van der Waals surface area (Å²) >= 11 is 2.88. The molecule has 3 heterocycles.